The molecule has 1 unspecified atom stereocenters. The summed E-state index contributed by atoms with van der Waals surface area (Å²) in [7, 11) is -1.59. The highest BCUT2D eigenvalue weighted by Crippen LogP contribution is 2.61. The molecule has 3 aliphatic rings. The lowest BCUT2D eigenvalue weighted by molar-refractivity contribution is -0.171. The second kappa shape index (κ2) is 21.3. The Hall–Kier alpha value is -7.33. The van der Waals surface area contributed by atoms with Crippen molar-refractivity contribution in [1.29, 1.82) is 5.26 Å². The smallest absolute Gasteiger partial charge is 0.456 e. The first-order chi connectivity index (χ1) is 37.7. The molecule has 3 heterocycles. The van der Waals surface area contributed by atoms with Crippen LogP contribution in [0.2, 0.25) is 0 Å². The maximum Gasteiger partial charge on any atom is 0.471 e. The zero-order valence-electron chi connectivity index (χ0n) is 45.3. The van der Waals surface area contributed by atoms with Crippen molar-refractivity contribution in [3.63, 3.8) is 0 Å². The van der Waals surface area contributed by atoms with Gasteiger partial charge < -0.3 is 28.9 Å². The van der Waals surface area contributed by atoms with Crippen LogP contribution in [0.4, 0.5) is 37.7 Å². The Bertz CT molecular complexity index is 3320. The molecule has 0 saturated carbocycles. The molecule has 0 fully saturated rings. The number of aryl methyl sites for hydroxylation is 1. The van der Waals surface area contributed by atoms with E-state index in [1.54, 1.807) is 91.9 Å². The standard InChI is InChI=1S/C60H58F6N5O8P/c1-34(2)71(35(3)4)80(77-26-14-25-67)79-39-23-20-37(21-24-39)32-68-53(73)38-22-19-36(5)46(27-38)58(76-33-72)47-28-42-40-15-10-12-17-44(40)56(6,7)69(54(74)59(61,62)63)49(42)30-51(47)78-52-31-50-43(29-48(52)58)41-16-11-13-18-45(41)57(8,9)70(50)55(75)60(64,65)66/h10-13,15-24,27-31,34-35,72H,14,26,32-33H2,1-9H3,(H,68,73). The van der Waals surface area contributed by atoms with Crippen molar-refractivity contribution in [2.45, 2.75) is 116 Å². The lowest BCUT2D eigenvalue weighted by Crippen LogP contribution is -2.53. The number of nitrogens with zero attached hydrogens (tertiary/aromatic N) is 4. The zero-order chi connectivity index (χ0) is 58.0. The maximum absolute atomic E-state index is 14.8. The Balaban J connectivity index is 1.21. The van der Waals surface area contributed by atoms with Gasteiger partial charge >= 0.3 is 32.7 Å². The Kier molecular flexibility index (Phi) is 15.3. The Morgan fingerprint density at radius 1 is 0.700 bits per heavy atom. The third-order valence-electron chi connectivity index (χ3n) is 14.8. The molecule has 3 amide bonds. The summed E-state index contributed by atoms with van der Waals surface area (Å²) >= 11 is 0. The monoisotopic (exact) mass is 1120 g/mol. The van der Waals surface area contributed by atoms with Crippen LogP contribution in [0.1, 0.15) is 111 Å². The number of hydrogen-bond donors (Lipinski definition) is 2. The second-order valence-corrected chi connectivity index (χ2v) is 22.6. The number of nitrogens with one attached hydrogen (secondary N) is 1. The quantitative estimate of drug-likeness (QED) is 0.0466. The summed E-state index contributed by atoms with van der Waals surface area (Å²) < 4.78 is 116. The second-order valence-electron chi connectivity index (χ2n) is 21.3. The highest BCUT2D eigenvalue weighted by atomic mass is 31.2. The number of aliphatic hydroxyl groups is 1. The number of amides is 3. The molecular weight excluding hydrogens is 1060 g/mol. The number of alkyl halides is 6. The molecule has 20 heteroatoms. The molecule has 9 rings (SSSR count). The lowest BCUT2D eigenvalue weighted by Gasteiger charge is -2.48. The van der Waals surface area contributed by atoms with Gasteiger partial charge in [0.2, 0.25) is 0 Å². The van der Waals surface area contributed by atoms with E-state index in [0.717, 1.165) is 0 Å². The number of fused-ring (bicyclic) bond motifs is 8. The third-order valence-corrected chi connectivity index (χ3v) is 16.9. The Morgan fingerprint density at radius 3 is 1.66 bits per heavy atom. The molecular formula is C60H58F6N5O8P. The predicted octanol–water partition coefficient (Wildman–Crippen LogP) is 13.6. The van der Waals surface area contributed by atoms with Gasteiger partial charge in [0.25, 0.3) is 5.91 Å². The third kappa shape index (κ3) is 9.95. The number of carbonyl (C=O) groups is 3. The number of nitriles is 1. The number of carbonyl (C=O) groups excluding carboxylic acids is 3. The van der Waals surface area contributed by atoms with Crippen LogP contribution in [0.15, 0.2) is 115 Å². The van der Waals surface area contributed by atoms with Gasteiger partial charge in [-0.25, -0.2) is 4.67 Å². The highest BCUT2D eigenvalue weighted by molar-refractivity contribution is 7.45. The van der Waals surface area contributed by atoms with Crippen molar-refractivity contribution in [3.05, 3.63) is 160 Å². The van der Waals surface area contributed by atoms with Crippen LogP contribution in [0.5, 0.6) is 17.2 Å². The Labute approximate surface area is 460 Å². The minimum absolute atomic E-state index is 0.0434. The Morgan fingerprint density at radius 2 is 1.20 bits per heavy atom. The van der Waals surface area contributed by atoms with Gasteiger partial charge in [-0.2, -0.15) is 31.6 Å². The molecule has 3 aliphatic heterocycles. The molecule has 2 N–H and O–H groups in total. The first kappa shape index (κ1) is 57.4. The van der Waals surface area contributed by atoms with Crippen molar-refractivity contribution in [2.24, 2.45) is 0 Å². The first-order valence-electron chi connectivity index (χ1n) is 25.7. The van der Waals surface area contributed by atoms with Crippen LogP contribution < -0.4 is 24.4 Å². The van der Waals surface area contributed by atoms with E-state index in [-0.39, 0.29) is 87.9 Å². The fourth-order valence-electron chi connectivity index (χ4n) is 11.3. The number of aliphatic hydroxyl groups excluding tert-OH is 1. The van der Waals surface area contributed by atoms with Crippen molar-refractivity contribution in [2.75, 3.05) is 23.2 Å². The minimum Gasteiger partial charge on any atom is -0.456 e. The van der Waals surface area contributed by atoms with E-state index in [1.807, 2.05) is 27.7 Å². The van der Waals surface area contributed by atoms with Gasteiger partial charge in [0.05, 0.1) is 41.5 Å². The van der Waals surface area contributed by atoms with Gasteiger partial charge in [0.15, 0.2) is 5.60 Å². The van der Waals surface area contributed by atoms with Gasteiger partial charge in [-0.3, -0.25) is 24.2 Å². The maximum atomic E-state index is 14.8. The van der Waals surface area contributed by atoms with Crippen LogP contribution in [0.3, 0.4) is 0 Å². The van der Waals surface area contributed by atoms with E-state index in [4.69, 9.17) is 23.8 Å². The van der Waals surface area contributed by atoms with Gasteiger partial charge in [0.1, 0.15) is 24.0 Å². The fourth-order valence-corrected chi connectivity index (χ4v) is 12.9. The SMILES string of the molecule is Cc1ccc(C(=O)NCc2ccc(OP(OCCC#N)N(C(C)C)C(C)C)cc2)cc1C1(OCO)c2cc3c(cc2Oc2cc4c(cc21)-c1ccccc1C(C)(C)N4C(=O)C(F)(F)F)N(C(=O)C(F)(F)F)C(C)(C)c1ccccc1-3. The van der Waals surface area contributed by atoms with Crippen molar-refractivity contribution in [3.8, 4) is 45.6 Å². The van der Waals surface area contributed by atoms with E-state index in [1.165, 1.54) is 58.0 Å². The largest absolute Gasteiger partial charge is 0.471 e. The van der Waals surface area contributed by atoms with Gasteiger partial charge in [-0.05, 0) is 138 Å². The number of hydrogen-bond acceptors (Lipinski definition) is 10. The van der Waals surface area contributed by atoms with Crippen LogP contribution in [-0.2, 0) is 42.1 Å². The number of benzene rings is 6. The molecule has 0 radical (unpaired) electrons. The van der Waals surface area contributed by atoms with E-state index >= 15 is 0 Å². The van der Waals surface area contributed by atoms with Gasteiger partial charge in [-0.15, -0.1) is 0 Å². The number of ether oxygens (including phenoxy) is 2. The van der Waals surface area contributed by atoms with E-state index < -0.39 is 62.1 Å². The summed E-state index contributed by atoms with van der Waals surface area (Å²) in [4.78, 5) is 43.1. The van der Waals surface area contributed by atoms with Crippen molar-refractivity contribution >= 4 is 37.6 Å². The van der Waals surface area contributed by atoms with Crippen molar-refractivity contribution in [1.82, 2.24) is 9.99 Å². The molecule has 0 bridgehead atoms. The fraction of sp³-hybridized carbons (Fsp3) is 0.333. The number of halogens is 6. The molecule has 13 nitrogen and oxygen atoms in total. The zero-order valence-corrected chi connectivity index (χ0v) is 46.2. The normalized spacial score (nSPS) is 15.8. The molecule has 80 heavy (non-hydrogen) atoms. The van der Waals surface area contributed by atoms with E-state index in [0.29, 0.717) is 48.9 Å². The first-order valence-corrected chi connectivity index (χ1v) is 26.9. The summed E-state index contributed by atoms with van der Waals surface area (Å²) in [5, 5.41) is 23.3. The predicted molar refractivity (Wildman–Crippen MR) is 290 cm³/mol. The van der Waals surface area contributed by atoms with Crippen molar-refractivity contribution < 1.29 is 64.4 Å². The topological polar surface area (TPSA) is 154 Å². The molecule has 0 saturated heterocycles. The summed E-state index contributed by atoms with van der Waals surface area (Å²) in [5.74, 6) is -4.85. The van der Waals surface area contributed by atoms with Crippen LogP contribution in [0, 0.1) is 18.3 Å². The lowest BCUT2D eigenvalue weighted by atomic mass is 9.72. The summed E-state index contributed by atoms with van der Waals surface area (Å²) in [6.07, 6.45) is -10.5. The molecule has 1 atom stereocenters. The number of rotatable bonds is 14. The molecule has 0 aliphatic carbocycles. The highest BCUT2D eigenvalue weighted by Gasteiger charge is 2.56. The molecule has 418 valence electrons. The molecule has 6 aromatic carbocycles. The number of anilines is 2. The van der Waals surface area contributed by atoms with Gasteiger partial charge in [-0.1, -0.05) is 66.7 Å². The van der Waals surface area contributed by atoms with E-state index in [9.17, 15) is 45.8 Å². The van der Waals surface area contributed by atoms with Gasteiger partial charge in [0, 0.05) is 58.6 Å². The molecule has 0 spiro atoms. The van der Waals surface area contributed by atoms with Crippen LogP contribution in [0.25, 0.3) is 22.3 Å². The average molecular weight is 1120 g/mol. The molecule has 0 aromatic heterocycles. The van der Waals surface area contributed by atoms with Crippen LogP contribution >= 0.6 is 8.53 Å². The average Bonchev–Trinajstić information content (AvgIpc) is 3.50. The minimum atomic E-state index is -5.36. The summed E-state index contributed by atoms with van der Waals surface area (Å²) in [5.41, 5.74) is -2.17. The molecule has 6 aromatic rings. The van der Waals surface area contributed by atoms with E-state index in [2.05, 4.69) is 16.1 Å². The van der Waals surface area contributed by atoms with Crippen LogP contribution in [-0.4, -0.2) is 65.3 Å². The summed E-state index contributed by atoms with van der Waals surface area (Å²) in [6, 6.07) is 32.8. The summed E-state index contributed by atoms with van der Waals surface area (Å²) in [6.45, 7) is 14.9.